The minimum Gasteiger partial charge on any atom is -0.412 e. The Morgan fingerprint density at radius 2 is 0.273 bits per heavy atom. The molecule has 0 fully saturated rings. The Kier molecular flexibility index (Phi) is 6970. The van der Waals surface area contributed by atoms with Gasteiger partial charge in [-0.25, -0.2) is 0 Å². The van der Waals surface area contributed by atoms with Crippen molar-refractivity contribution in [2.75, 3.05) is 0 Å². The molecule has 11 heteroatoms. The van der Waals surface area contributed by atoms with Crippen LogP contribution in [0.2, 0.25) is 0 Å². The standard InChI is InChI=1S/3ClH.Cs.7H2O/h3*1H;;7*1H2. The van der Waals surface area contributed by atoms with E-state index in [-0.39, 0.29) is 144 Å². The zero-order valence-corrected chi connectivity index (χ0v) is 14.5. The molecule has 1 radical (unpaired) electrons. The van der Waals surface area contributed by atoms with Crippen molar-refractivity contribution in [2.45, 2.75) is 0 Å². The molecule has 0 saturated heterocycles. The number of hydrogen-bond acceptors (Lipinski definition) is 0. The van der Waals surface area contributed by atoms with E-state index in [0.717, 1.165) is 0 Å². The molecule has 11 heavy (non-hydrogen) atoms. The van der Waals surface area contributed by atoms with Crippen LogP contribution in [-0.2, 0) is 0 Å². The van der Waals surface area contributed by atoms with E-state index in [4.69, 9.17) is 0 Å². The second-order valence-corrected chi connectivity index (χ2v) is 0. The van der Waals surface area contributed by atoms with Crippen molar-refractivity contribution in [2.24, 2.45) is 0 Å². The first-order valence-electron chi connectivity index (χ1n) is 0. The number of rotatable bonds is 0. The van der Waals surface area contributed by atoms with Gasteiger partial charge in [-0.15, -0.1) is 37.2 Å². The van der Waals surface area contributed by atoms with Gasteiger partial charge in [0.25, 0.3) is 0 Å². The second-order valence-electron chi connectivity index (χ2n) is 0. The third-order valence-corrected chi connectivity index (χ3v) is 0. The first-order chi connectivity index (χ1) is 0. The van der Waals surface area contributed by atoms with Gasteiger partial charge in [0.2, 0.25) is 0 Å². The molecule has 0 aromatic carbocycles. The van der Waals surface area contributed by atoms with Crippen LogP contribution in [0.25, 0.3) is 0 Å². The molecule has 0 heterocycles. The quantitative estimate of drug-likeness (QED) is 0.392. The van der Waals surface area contributed by atoms with Gasteiger partial charge in [-0.1, -0.05) is 0 Å². The summed E-state index contributed by atoms with van der Waals surface area (Å²) in [6.07, 6.45) is 0. The first-order valence-corrected chi connectivity index (χ1v) is 0. The van der Waals surface area contributed by atoms with Crippen molar-refractivity contribution in [3.05, 3.63) is 0 Å². The van der Waals surface area contributed by atoms with Crippen LogP contribution in [0.15, 0.2) is 0 Å². The Hall–Kier alpha value is 2.64. The van der Waals surface area contributed by atoms with E-state index in [1.165, 1.54) is 0 Å². The average molecular weight is 368 g/mol. The van der Waals surface area contributed by atoms with Gasteiger partial charge in [0.1, 0.15) is 0 Å². The molecular weight excluding hydrogens is 351 g/mol. The minimum absolute atomic E-state index is 0. The number of hydrogen-bond donors (Lipinski definition) is 0. The maximum atomic E-state index is 0. The Morgan fingerprint density at radius 1 is 0.273 bits per heavy atom. The molecule has 14 N–H and O–H groups in total. The van der Waals surface area contributed by atoms with Crippen LogP contribution in [0.1, 0.15) is 0 Å². The van der Waals surface area contributed by atoms with Crippen LogP contribution < -0.4 is 0 Å². The number of halogens is 3. The van der Waals surface area contributed by atoms with Gasteiger partial charge in [-0.3, -0.25) is 0 Å². The third kappa shape index (κ3) is 205. The molecule has 0 atom stereocenters. The summed E-state index contributed by atoms with van der Waals surface area (Å²) in [6.45, 7) is 0. The van der Waals surface area contributed by atoms with E-state index >= 15 is 0 Å². The summed E-state index contributed by atoms with van der Waals surface area (Å²) in [6, 6.07) is 0. The van der Waals surface area contributed by atoms with Crippen molar-refractivity contribution >= 4 is 106 Å². The van der Waals surface area contributed by atoms with Crippen molar-refractivity contribution in [1.82, 2.24) is 0 Å². The van der Waals surface area contributed by atoms with Crippen LogP contribution in [0, 0.1) is 0 Å². The third-order valence-electron chi connectivity index (χ3n) is 0. The topological polar surface area (TPSA) is 220 Å². The summed E-state index contributed by atoms with van der Waals surface area (Å²) in [7, 11) is 0. The molecule has 0 amide bonds. The monoisotopic (exact) mass is 367 g/mol. The molecule has 0 aliphatic carbocycles. The summed E-state index contributed by atoms with van der Waals surface area (Å²) < 4.78 is 0. The van der Waals surface area contributed by atoms with Crippen LogP contribution in [-0.4, -0.2) is 107 Å². The molecule has 0 saturated carbocycles. The summed E-state index contributed by atoms with van der Waals surface area (Å²) in [5, 5.41) is 0. The molecule has 0 rings (SSSR count). The molecule has 0 aromatic rings. The van der Waals surface area contributed by atoms with E-state index in [9.17, 15) is 0 Å². The molecule has 0 aromatic heterocycles. The molecule has 0 unspecified atom stereocenters. The van der Waals surface area contributed by atoms with Gasteiger partial charge < -0.3 is 38.3 Å². The van der Waals surface area contributed by atoms with Crippen LogP contribution in [0.3, 0.4) is 0 Å². The fourth-order valence-corrected chi connectivity index (χ4v) is 0. The Morgan fingerprint density at radius 3 is 0.273 bits per heavy atom. The Balaban J connectivity index is 0. The molecule has 0 aliphatic heterocycles. The van der Waals surface area contributed by atoms with E-state index in [0.29, 0.717) is 0 Å². The summed E-state index contributed by atoms with van der Waals surface area (Å²) in [5.41, 5.74) is 0. The predicted octanol–water partition coefficient (Wildman–Crippen LogP) is -4.89. The van der Waals surface area contributed by atoms with Crippen LogP contribution in [0.4, 0.5) is 0 Å². The Labute approximate surface area is 141 Å². The largest absolute Gasteiger partial charge is 0.412 e. The van der Waals surface area contributed by atoms with Gasteiger partial charge in [-0.05, 0) is 0 Å². The van der Waals surface area contributed by atoms with Crippen molar-refractivity contribution in [3.63, 3.8) is 0 Å². The van der Waals surface area contributed by atoms with Crippen molar-refractivity contribution in [3.8, 4) is 0 Å². The maximum Gasteiger partial charge on any atom is 0 e. The smallest absolute Gasteiger partial charge is 0 e. The fraction of sp³-hybridized carbons (Fsp3) is 0. The first kappa shape index (κ1) is 312. The summed E-state index contributed by atoms with van der Waals surface area (Å²) in [5.74, 6) is 0. The zero-order chi connectivity index (χ0) is 0. The SMILES string of the molecule is Cl.Cl.Cl.O.O.O.O.O.O.O.[Cs]. The van der Waals surface area contributed by atoms with Gasteiger partial charge in [0.05, 0.1) is 0 Å². The zero-order valence-electron chi connectivity index (χ0n) is 5.72. The van der Waals surface area contributed by atoms with E-state index in [1.54, 1.807) is 0 Å². The van der Waals surface area contributed by atoms with Gasteiger partial charge in [0, 0.05) is 68.9 Å². The predicted molar refractivity (Wildman–Crippen MR) is 52.8 cm³/mol. The molecule has 81 valence electrons. The summed E-state index contributed by atoms with van der Waals surface area (Å²) in [4.78, 5) is 0. The van der Waals surface area contributed by atoms with E-state index < -0.39 is 0 Å². The molecule has 0 spiro atoms. The molecule has 7 nitrogen and oxygen atoms in total. The molecule has 0 bridgehead atoms. The van der Waals surface area contributed by atoms with Crippen molar-refractivity contribution in [1.29, 1.82) is 0 Å². The Bertz CT molecular complexity index is 13.6. The van der Waals surface area contributed by atoms with Gasteiger partial charge >= 0.3 is 0 Å². The van der Waals surface area contributed by atoms with Gasteiger partial charge in [0.15, 0.2) is 0 Å². The van der Waals surface area contributed by atoms with E-state index in [2.05, 4.69) is 0 Å². The molecule has 0 aliphatic rings. The van der Waals surface area contributed by atoms with Crippen molar-refractivity contribution < 1.29 is 38.3 Å². The maximum absolute atomic E-state index is 0. The van der Waals surface area contributed by atoms with Crippen LogP contribution in [0.5, 0.6) is 0 Å². The average Bonchev–Trinajstić information content (AvgIpc) is 0. The second kappa shape index (κ2) is 245. The van der Waals surface area contributed by atoms with Crippen LogP contribution >= 0.6 is 37.2 Å². The molecular formula is H17Cl3CsO7. The normalized spacial score (nSPS) is 0. The fourth-order valence-electron chi connectivity index (χ4n) is 0. The van der Waals surface area contributed by atoms with Gasteiger partial charge in [-0.2, -0.15) is 0 Å². The van der Waals surface area contributed by atoms with E-state index in [1.807, 2.05) is 0 Å². The summed E-state index contributed by atoms with van der Waals surface area (Å²) >= 11 is 0. The minimum atomic E-state index is 0.